The van der Waals surface area contributed by atoms with E-state index in [9.17, 15) is 4.79 Å². The molecular formula is C18H29NO2. The van der Waals surface area contributed by atoms with Gasteiger partial charge in [0.25, 0.3) is 0 Å². The predicted octanol–water partition coefficient (Wildman–Crippen LogP) is 3.87. The molecule has 0 amide bonds. The van der Waals surface area contributed by atoms with Gasteiger partial charge in [-0.1, -0.05) is 46.8 Å². The van der Waals surface area contributed by atoms with Crippen molar-refractivity contribution in [3.8, 4) is 0 Å². The van der Waals surface area contributed by atoms with Gasteiger partial charge in [-0.3, -0.25) is 0 Å². The lowest BCUT2D eigenvalue weighted by atomic mass is 9.87. The van der Waals surface area contributed by atoms with Crippen molar-refractivity contribution in [2.24, 2.45) is 0 Å². The molecule has 0 fully saturated rings. The highest BCUT2D eigenvalue weighted by Gasteiger charge is 2.14. The first kappa shape index (κ1) is 17.7. The Bertz CT molecular complexity index is 428. The number of carbonyl (C=O) groups excluding carboxylic acids is 1. The zero-order valence-electron chi connectivity index (χ0n) is 14.1. The minimum absolute atomic E-state index is 0.103. The molecule has 1 aromatic carbocycles. The van der Waals surface area contributed by atoms with Crippen LogP contribution in [0.4, 0.5) is 0 Å². The number of rotatable bonds is 7. The van der Waals surface area contributed by atoms with Gasteiger partial charge in [-0.05, 0) is 42.6 Å². The van der Waals surface area contributed by atoms with Crippen LogP contribution in [0.3, 0.4) is 0 Å². The number of carbonyl (C=O) groups is 1. The maximum Gasteiger partial charge on any atom is 0.338 e. The van der Waals surface area contributed by atoms with Crippen LogP contribution in [0.15, 0.2) is 24.3 Å². The van der Waals surface area contributed by atoms with Gasteiger partial charge in [-0.2, -0.15) is 0 Å². The van der Waals surface area contributed by atoms with Gasteiger partial charge < -0.3 is 9.64 Å². The van der Waals surface area contributed by atoms with E-state index in [-0.39, 0.29) is 11.4 Å². The molecule has 0 atom stereocenters. The fourth-order valence-corrected chi connectivity index (χ4v) is 2.18. The van der Waals surface area contributed by atoms with Crippen LogP contribution in [0.2, 0.25) is 0 Å². The summed E-state index contributed by atoms with van der Waals surface area (Å²) in [4.78, 5) is 14.3. The van der Waals surface area contributed by atoms with E-state index in [4.69, 9.17) is 4.74 Å². The number of benzene rings is 1. The first-order valence-electron chi connectivity index (χ1n) is 7.88. The molecule has 0 aromatic heterocycles. The second-order valence-electron chi connectivity index (χ2n) is 6.34. The lowest BCUT2D eigenvalue weighted by molar-refractivity contribution is 0.0489. The summed E-state index contributed by atoms with van der Waals surface area (Å²) in [5.74, 6) is -0.227. The maximum atomic E-state index is 12.0. The Morgan fingerprint density at radius 1 is 1.10 bits per heavy atom. The molecule has 0 aliphatic heterocycles. The summed E-state index contributed by atoms with van der Waals surface area (Å²) < 4.78 is 5.33. The van der Waals surface area contributed by atoms with Crippen molar-refractivity contribution < 1.29 is 9.53 Å². The first-order chi connectivity index (χ1) is 9.88. The van der Waals surface area contributed by atoms with E-state index in [0.717, 1.165) is 26.1 Å². The molecule has 0 unspecified atom stereocenters. The Balaban J connectivity index is 2.42. The summed E-state index contributed by atoms with van der Waals surface area (Å²) in [6.07, 6.45) is 0.882. The van der Waals surface area contributed by atoms with Crippen LogP contribution in [0.25, 0.3) is 0 Å². The van der Waals surface area contributed by atoms with Gasteiger partial charge in [0.2, 0.25) is 0 Å². The van der Waals surface area contributed by atoms with E-state index in [0.29, 0.717) is 12.2 Å². The van der Waals surface area contributed by atoms with Crippen LogP contribution in [-0.4, -0.2) is 37.1 Å². The Labute approximate surface area is 129 Å². The number of ether oxygens (including phenoxy) is 1. The standard InChI is InChI=1S/C18H29NO2/c1-6-19(7-2)13-8-14-21-17(20)15-9-11-16(12-10-15)18(3,4)5/h9-12H,6-8,13-14H2,1-5H3. The highest BCUT2D eigenvalue weighted by molar-refractivity contribution is 5.89. The minimum Gasteiger partial charge on any atom is -0.462 e. The second-order valence-corrected chi connectivity index (χ2v) is 6.34. The third-order valence-corrected chi connectivity index (χ3v) is 3.73. The molecule has 0 bridgehead atoms. The van der Waals surface area contributed by atoms with Crippen LogP contribution in [-0.2, 0) is 10.2 Å². The normalized spacial score (nSPS) is 11.7. The third kappa shape index (κ3) is 5.88. The Morgan fingerprint density at radius 3 is 2.14 bits per heavy atom. The van der Waals surface area contributed by atoms with Gasteiger partial charge >= 0.3 is 5.97 Å². The molecule has 0 N–H and O–H groups in total. The molecule has 0 spiro atoms. The van der Waals surface area contributed by atoms with E-state index >= 15 is 0 Å². The minimum atomic E-state index is -0.227. The van der Waals surface area contributed by atoms with Crippen molar-refractivity contribution in [1.82, 2.24) is 4.90 Å². The molecule has 118 valence electrons. The largest absolute Gasteiger partial charge is 0.462 e. The van der Waals surface area contributed by atoms with Gasteiger partial charge in [-0.15, -0.1) is 0 Å². The van der Waals surface area contributed by atoms with Gasteiger partial charge in [-0.25, -0.2) is 4.79 Å². The van der Waals surface area contributed by atoms with Gasteiger partial charge in [0.15, 0.2) is 0 Å². The van der Waals surface area contributed by atoms with E-state index in [1.54, 1.807) is 0 Å². The zero-order valence-corrected chi connectivity index (χ0v) is 14.1. The van der Waals surface area contributed by atoms with Crippen LogP contribution in [0, 0.1) is 0 Å². The van der Waals surface area contributed by atoms with E-state index in [2.05, 4.69) is 39.5 Å². The maximum absolute atomic E-state index is 12.0. The van der Waals surface area contributed by atoms with Crippen molar-refractivity contribution >= 4 is 5.97 Å². The van der Waals surface area contributed by atoms with Crippen LogP contribution in [0.1, 0.15) is 57.0 Å². The van der Waals surface area contributed by atoms with Crippen LogP contribution < -0.4 is 0 Å². The molecule has 0 saturated carbocycles. The SMILES string of the molecule is CCN(CC)CCCOC(=O)c1ccc(C(C)(C)C)cc1. The van der Waals surface area contributed by atoms with Crippen molar-refractivity contribution in [1.29, 1.82) is 0 Å². The first-order valence-corrected chi connectivity index (χ1v) is 7.88. The molecule has 0 heterocycles. The Morgan fingerprint density at radius 2 is 1.67 bits per heavy atom. The summed E-state index contributed by atoms with van der Waals surface area (Å²) in [6, 6.07) is 7.72. The van der Waals surface area contributed by atoms with Crippen LogP contribution >= 0.6 is 0 Å². The lowest BCUT2D eigenvalue weighted by Crippen LogP contribution is -2.25. The summed E-state index contributed by atoms with van der Waals surface area (Å²) in [5, 5.41) is 0. The molecule has 0 aliphatic carbocycles. The fraction of sp³-hybridized carbons (Fsp3) is 0.611. The average molecular weight is 291 g/mol. The quantitative estimate of drug-likeness (QED) is 0.564. The second kappa shape index (κ2) is 8.18. The topological polar surface area (TPSA) is 29.5 Å². The van der Waals surface area contributed by atoms with Crippen molar-refractivity contribution in [3.63, 3.8) is 0 Å². The van der Waals surface area contributed by atoms with Crippen molar-refractivity contribution in [2.75, 3.05) is 26.2 Å². The Kier molecular flexibility index (Phi) is 6.90. The molecule has 0 aliphatic rings. The monoisotopic (exact) mass is 291 g/mol. The molecule has 1 rings (SSSR count). The highest BCUT2D eigenvalue weighted by Crippen LogP contribution is 2.22. The zero-order chi connectivity index (χ0) is 15.9. The highest BCUT2D eigenvalue weighted by atomic mass is 16.5. The van der Waals surface area contributed by atoms with Crippen molar-refractivity contribution in [2.45, 2.75) is 46.5 Å². The Hall–Kier alpha value is -1.35. The lowest BCUT2D eigenvalue weighted by Gasteiger charge is -2.19. The van der Waals surface area contributed by atoms with Gasteiger partial charge in [0.05, 0.1) is 12.2 Å². The van der Waals surface area contributed by atoms with Crippen molar-refractivity contribution in [3.05, 3.63) is 35.4 Å². The van der Waals surface area contributed by atoms with E-state index in [1.807, 2.05) is 24.3 Å². The summed E-state index contributed by atoms with van der Waals surface area (Å²) >= 11 is 0. The predicted molar refractivity (Wildman–Crippen MR) is 87.8 cm³/mol. The summed E-state index contributed by atoms with van der Waals surface area (Å²) in [6.45, 7) is 14.3. The smallest absolute Gasteiger partial charge is 0.338 e. The molecule has 0 saturated heterocycles. The molecule has 3 nitrogen and oxygen atoms in total. The fourth-order valence-electron chi connectivity index (χ4n) is 2.18. The summed E-state index contributed by atoms with van der Waals surface area (Å²) in [5.41, 5.74) is 1.96. The van der Waals surface area contributed by atoms with Crippen LogP contribution in [0.5, 0.6) is 0 Å². The molecule has 3 heteroatoms. The average Bonchev–Trinajstić information content (AvgIpc) is 2.46. The van der Waals surface area contributed by atoms with Gasteiger partial charge in [0.1, 0.15) is 0 Å². The third-order valence-electron chi connectivity index (χ3n) is 3.73. The summed E-state index contributed by atoms with van der Waals surface area (Å²) in [7, 11) is 0. The molecular weight excluding hydrogens is 262 g/mol. The number of hydrogen-bond acceptors (Lipinski definition) is 3. The van der Waals surface area contributed by atoms with Gasteiger partial charge in [0, 0.05) is 6.54 Å². The molecule has 0 radical (unpaired) electrons. The number of esters is 1. The van der Waals surface area contributed by atoms with E-state index < -0.39 is 0 Å². The molecule has 1 aromatic rings. The van der Waals surface area contributed by atoms with E-state index in [1.165, 1.54) is 5.56 Å². The molecule has 21 heavy (non-hydrogen) atoms. The number of hydrogen-bond donors (Lipinski definition) is 0. The number of nitrogens with zero attached hydrogens (tertiary/aromatic N) is 1.